The lowest BCUT2D eigenvalue weighted by atomic mass is 10.00. The zero-order valence-electron chi connectivity index (χ0n) is 9.81. The number of hydrogen-bond donors (Lipinski definition) is 1. The number of halogens is 3. The molecule has 2 aromatic rings. The maximum absolute atomic E-state index is 13.9. The smallest absolute Gasteiger partial charge is 0.136 e. The zero-order chi connectivity index (χ0) is 13.3. The molecule has 0 saturated heterocycles. The number of nitrogens with two attached hydrogens (primary N) is 1. The molecular weight excluding hydrogens is 239 g/mol. The molecule has 0 unspecified atom stereocenters. The summed E-state index contributed by atoms with van der Waals surface area (Å²) in [6.45, 7) is 1.68. The summed E-state index contributed by atoms with van der Waals surface area (Å²) in [5.41, 5.74) is 5.79. The van der Waals surface area contributed by atoms with Crippen LogP contribution < -0.4 is 5.73 Å². The molecule has 0 fully saturated rings. The Hall–Kier alpha value is -1.81. The predicted octanol–water partition coefficient (Wildman–Crippen LogP) is 3.54. The molecule has 0 bridgehead atoms. The SMILES string of the molecule is Cc1ccc(F)c(-c2ccc(CN)cc2F)c1F. The van der Waals surface area contributed by atoms with E-state index in [0.29, 0.717) is 5.56 Å². The normalized spacial score (nSPS) is 10.7. The molecular formula is C14H12F3N. The van der Waals surface area contributed by atoms with E-state index in [9.17, 15) is 13.2 Å². The highest BCUT2D eigenvalue weighted by Crippen LogP contribution is 2.30. The van der Waals surface area contributed by atoms with Crippen LogP contribution in [0.15, 0.2) is 30.3 Å². The van der Waals surface area contributed by atoms with Gasteiger partial charge in [-0.05, 0) is 30.2 Å². The average Bonchev–Trinajstić information content (AvgIpc) is 2.36. The van der Waals surface area contributed by atoms with E-state index < -0.39 is 17.5 Å². The van der Waals surface area contributed by atoms with E-state index in [1.807, 2.05) is 0 Å². The molecule has 0 amide bonds. The molecule has 2 rings (SSSR count). The molecule has 4 heteroatoms. The van der Waals surface area contributed by atoms with E-state index in [1.165, 1.54) is 25.1 Å². The molecule has 0 aliphatic rings. The topological polar surface area (TPSA) is 26.0 Å². The third kappa shape index (κ3) is 2.11. The van der Waals surface area contributed by atoms with Crippen molar-refractivity contribution >= 4 is 0 Å². The summed E-state index contributed by atoms with van der Waals surface area (Å²) >= 11 is 0. The van der Waals surface area contributed by atoms with Crippen molar-refractivity contribution < 1.29 is 13.2 Å². The lowest BCUT2D eigenvalue weighted by Gasteiger charge is -2.09. The molecule has 1 nitrogen and oxygen atoms in total. The maximum atomic E-state index is 13.9. The van der Waals surface area contributed by atoms with Crippen molar-refractivity contribution in [2.75, 3.05) is 0 Å². The minimum absolute atomic E-state index is 0.0918. The Labute approximate surface area is 103 Å². The van der Waals surface area contributed by atoms with Crippen LogP contribution in [-0.4, -0.2) is 0 Å². The van der Waals surface area contributed by atoms with Crippen LogP contribution in [0.1, 0.15) is 11.1 Å². The van der Waals surface area contributed by atoms with E-state index >= 15 is 0 Å². The Balaban J connectivity index is 2.66. The largest absolute Gasteiger partial charge is 0.326 e. The summed E-state index contributed by atoms with van der Waals surface area (Å²) in [5.74, 6) is -2.20. The Morgan fingerprint density at radius 1 is 1.00 bits per heavy atom. The van der Waals surface area contributed by atoms with Crippen molar-refractivity contribution in [1.82, 2.24) is 0 Å². The van der Waals surface area contributed by atoms with Crippen LogP contribution in [0.4, 0.5) is 13.2 Å². The highest BCUT2D eigenvalue weighted by molar-refractivity contribution is 5.66. The molecule has 18 heavy (non-hydrogen) atoms. The Bertz CT molecular complexity index is 594. The second-order valence-electron chi connectivity index (χ2n) is 4.07. The Kier molecular flexibility index (Phi) is 3.39. The van der Waals surface area contributed by atoms with Gasteiger partial charge in [-0.1, -0.05) is 18.2 Å². The van der Waals surface area contributed by atoms with Gasteiger partial charge in [-0.2, -0.15) is 0 Å². The van der Waals surface area contributed by atoms with Crippen LogP contribution in [0.3, 0.4) is 0 Å². The molecule has 0 aliphatic heterocycles. The fourth-order valence-corrected chi connectivity index (χ4v) is 1.79. The summed E-state index contributed by atoms with van der Waals surface area (Å²) < 4.78 is 41.4. The van der Waals surface area contributed by atoms with Crippen molar-refractivity contribution in [1.29, 1.82) is 0 Å². The first-order chi connectivity index (χ1) is 8.54. The fraction of sp³-hybridized carbons (Fsp3) is 0.143. The average molecular weight is 251 g/mol. The van der Waals surface area contributed by atoms with Gasteiger partial charge in [0.15, 0.2) is 0 Å². The highest BCUT2D eigenvalue weighted by atomic mass is 19.1. The predicted molar refractivity (Wildman–Crippen MR) is 64.4 cm³/mol. The fourth-order valence-electron chi connectivity index (χ4n) is 1.79. The molecule has 0 radical (unpaired) electrons. The molecule has 0 atom stereocenters. The van der Waals surface area contributed by atoms with E-state index in [0.717, 1.165) is 6.07 Å². The van der Waals surface area contributed by atoms with Gasteiger partial charge in [0.05, 0.1) is 5.56 Å². The van der Waals surface area contributed by atoms with Crippen molar-refractivity contribution in [3.63, 3.8) is 0 Å². The summed E-state index contributed by atoms with van der Waals surface area (Å²) in [7, 11) is 0. The van der Waals surface area contributed by atoms with Crippen LogP contribution >= 0.6 is 0 Å². The van der Waals surface area contributed by atoms with Crippen LogP contribution in [0.25, 0.3) is 11.1 Å². The van der Waals surface area contributed by atoms with E-state index in [-0.39, 0.29) is 23.2 Å². The van der Waals surface area contributed by atoms with Gasteiger partial charge in [0.1, 0.15) is 17.5 Å². The van der Waals surface area contributed by atoms with E-state index in [1.54, 1.807) is 6.07 Å². The van der Waals surface area contributed by atoms with Gasteiger partial charge in [0.25, 0.3) is 0 Å². The van der Waals surface area contributed by atoms with Gasteiger partial charge in [-0.25, -0.2) is 13.2 Å². The molecule has 0 saturated carbocycles. The number of benzene rings is 2. The first kappa shape index (κ1) is 12.6. The molecule has 0 heterocycles. The number of aryl methyl sites for hydroxylation is 1. The minimum Gasteiger partial charge on any atom is -0.326 e. The zero-order valence-corrected chi connectivity index (χ0v) is 9.81. The molecule has 0 aliphatic carbocycles. The van der Waals surface area contributed by atoms with Crippen LogP contribution in [0.5, 0.6) is 0 Å². The van der Waals surface area contributed by atoms with Crippen LogP contribution in [0.2, 0.25) is 0 Å². The summed E-state index contributed by atoms with van der Waals surface area (Å²) in [5, 5.41) is 0. The standard InChI is InChI=1S/C14H12F3N/c1-8-2-5-11(15)13(14(8)17)10-4-3-9(7-18)6-12(10)16/h2-6H,7,18H2,1H3. The van der Waals surface area contributed by atoms with Crippen LogP contribution in [-0.2, 0) is 6.54 Å². The Morgan fingerprint density at radius 3 is 2.33 bits per heavy atom. The summed E-state index contributed by atoms with van der Waals surface area (Å²) in [6, 6.07) is 6.54. The quantitative estimate of drug-likeness (QED) is 0.868. The maximum Gasteiger partial charge on any atom is 0.136 e. The summed E-state index contributed by atoms with van der Waals surface area (Å²) in [4.78, 5) is 0. The first-order valence-electron chi connectivity index (χ1n) is 5.48. The lowest BCUT2D eigenvalue weighted by molar-refractivity contribution is 0.576. The monoisotopic (exact) mass is 251 g/mol. The van der Waals surface area contributed by atoms with Crippen molar-refractivity contribution in [2.45, 2.75) is 13.5 Å². The van der Waals surface area contributed by atoms with Gasteiger partial charge in [-0.3, -0.25) is 0 Å². The third-order valence-corrected chi connectivity index (χ3v) is 2.82. The van der Waals surface area contributed by atoms with E-state index in [2.05, 4.69) is 0 Å². The lowest BCUT2D eigenvalue weighted by Crippen LogP contribution is -1.99. The van der Waals surface area contributed by atoms with Gasteiger partial charge in [-0.15, -0.1) is 0 Å². The molecule has 2 aromatic carbocycles. The highest BCUT2D eigenvalue weighted by Gasteiger charge is 2.17. The second-order valence-corrected chi connectivity index (χ2v) is 4.07. The molecule has 0 spiro atoms. The van der Waals surface area contributed by atoms with Crippen molar-refractivity contribution in [2.24, 2.45) is 5.73 Å². The number of rotatable bonds is 2. The van der Waals surface area contributed by atoms with Gasteiger partial charge >= 0.3 is 0 Å². The van der Waals surface area contributed by atoms with E-state index in [4.69, 9.17) is 5.73 Å². The molecule has 0 aromatic heterocycles. The summed E-state index contributed by atoms with van der Waals surface area (Å²) in [6.07, 6.45) is 0. The second kappa shape index (κ2) is 4.82. The molecule has 2 N–H and O–H groups in total. The van der Waals surface area contributed by atoms with Crippen LogP contribution in [0, 0.1) is 24.4 Å². The molecule has 94 valence electrons. The third-order valence-electron chi connectivity index (χ3n) is 2.82. The van der Waals surface area contributed by atoms with Gasteiger partial charge in [0.2, 0.25) is 0 Å². The minimum atomic E-state index is -0.780. The first-order valence-corrected chi connectivity index (χ1v) is 5.48. The van der Waals surface area contributed by atoms with Gasteiger partial charge in [0, 0.05) is 12.1 Å². The number of hydrogen-bond acceptors (Lipinski definition) is 1. The Morgan fingerprint density at radius 2 is 1.72 bits per heavy atom. The van der Waals surface area contributed by atoms with Crippen molar-refractivity contribution in [3.8, 4) is 11.1 Å². The van der Waals surface area contributed by atoms with Gasteiger partial charge < -0.3 is 5.73 Å². The van der Waals surface area contributed by atoms with Crippen molar-refractivity contribution in [3.05, 3.63) is 58.9 Å².